The van der Waals surface area contributed by atoms with Crippen LogP contribution in [0.15, 0.2) is 0 Å². The van der Waals surface area contributed by atoms with Gasteiger partial charge in [0.15, 0.2) is 0 Å². The minimum atomic E-state index is -1.36. The summed E-state index contributed by atoms with van der Waals surface area (Å²) < 4.78 is 0. The molecule has 2 aliphatic heterocycles. The number of carboxylic acid groups (broad SMARTS) is 2. The molecule has 0 bridgehead atoms. The Labute approximate surface area is 184 Å². The average molecular weight is 455 g/mol. The maximum atomic E-state index is 13.0. The van der Waals surface area contributed by atoms with Crippen LogP contribution >= 0.6 is 0 Å². The minimum absolute atomic E-state index is 0.157. The largest absolute Gasteiger partial charge is 0.481 e. The summed E-state index contributed by atoms with van der Waals surface area (Å²) in [6.07, 6.45) is 0.766. The molecule has 13 nitrogen and oxygen atoms in total. The van der Waals surface area contributed by atoms with E-state index in [4.69, 9.17) is 10.8 Å². The highest BCUT2D eigenvalue weighted by atomic mass is 16.4. The van der Waals surface area contributed by atoms with Gasteiger partial charge in [0.25, 0.3) is 0 Å². The number of rotatable bonds is 11. The number of hydrogen-bond donors (Lipinski definition) is 6. The zero-order valence-corrected chi connectivity index (χ0v) is 17.5. The van der Waals surface area contributed by atoms with E-state index < -0.39 is 72.6 Å². The lowest BCUT2D eigenvalue weighted by Gasteiger charge is -2.28. The standard InChI is InChI=1S/C19H29N5O8/c20-14(25)9-12(23-16(28)10-3-1-7-21-10)17(29)22-11(5-6-15(26)27)18(30)24-8-2-4-13(24)19(31)32/h10-13,21H,1-9H2,(H2,20,25)(H,22,29)(H,23,28)(H,26,27)(H,31,32). The highest BCUT2D eigenvalue weighted by Crippen LogP contribution is 2.20. The van der Waals surface area contributed by atoms with Gasteiger partial charge in [-0.2, -0.15) is 0 Å². The fourth-order valence-electron chi connectivity index (χ4n) is 3.88. The van der Waals surface area contributed by atoms with Crippen molar-refractivity contribution in [1.29, 1.82) is 0 Å². The SMILES string of the molecule is NC(=O)CC(NC(=O)C1CCCN1)C(=O)NC(CCC(=O)O)C(=O)N1CCCC1C(=O)O. The first-order valence-electron chi connectivity index (χ1n) is 10.5. The molecule has 2 fully saturated rings. The smallest absolute Gasteiger partial charge is 0.326 e. The number of amides is 4. The number of aliphatic carboxylic acids is 2. The second kappa shape index (κ2) is 11.4. The summed E-state index contributed by atoms with van der Waals surface area (Å²) in [7, 11) is 0. The second-order valence-electron chi connectivity index (χ2n) is 7.90. The van der Waals surface area contributed by atoms with Crippen LogP contribution in [0.25, 0.3) is 0 Å². The van der Waals surface area contributed by atoms with Gasteiger partial charge in [-0.05, 0) is 38.6 Å². The van der Waals surface area contributed by atoms with Crippen LogP contribution in [-0.4, -0.2) is 87.9 Å². The van der Waals surface area contributed by atoms with E-state index in [1.807, 2.05) is 0 Å². The number of nitrogens with zero attached hydrogens (tertiary/aromatic N) is 1. The Balaban J connectivity index is 2.14. The lowest BCUT2D eigenvalue weighted by Crippen LogP contribution is -2.57. The number of carbonyl (C=O) groups is 6. The summed E-state index contributed by atoms with van der Waals surface area (Å²) in [6.45, 7) is 0.793. The Morgan fingerprint density at radius 3 is 2.31 bits per heavy atom. The Kier molecular flexibility index (Phi) is 8.93. The van der Waals surface area contributed by atoms with E-state index in [9.17, 15) is 33.9 Å². The zero-order valence-electron chi connectivity index (χ0n) is 17.5. The third-order valence-electron chi connectivity index (χ3n) is 5.50. The molecule has 0 saturated carbocycles. The average Bonchev–Trinajstić information content (AvgIpc) is 3.41. The van der Waals surface area contributed by atoms with Gasteiger partial charge in [-0.3, -0.25) is 24.0 Å². The maximum Gasteiger partial charge on any atom is 0.326 e. The van der Waals surface area contributed by atoms with Crippen LogP contribution in [0.2, 0.25) is 0 Å². The molecule has 2 saturated heterocycles. The number of nitrogens with one attached hydrogen (secondary N) is 3. The van der Waals surface area contributed by atoms with Gasteiger partial charge in [-0.1, -0.05) is 0 Å². The highest BCUT2D eigenvalue weighted by Gasteiger charge is 2.38. The number of hydrogen-bond acceptors (Lipinski definition) is 7. The number of nitrogens with two attached hydrogens (primary N) is 1. The Morgan fingerprint density at radius 2 is 1.75 bits per heavy atom. The molecule has 0 aromatic carbocycles. The van der Waals surface area contributed by atoms with Gasteiger partial charge >= 0.3 is 11.9 Å². The number of carboxylic acids is 2. The van der Waals surface area contributed by atoms with E-state index in [1.54, 1.807) is 0 Å². The second-order valence-corrected chi connectivity index (χ2v) is 7.90. The number of primary amides is 1. The molecule has 0 spiro atoms. The molecule has 0 aromatic rings. The molecular weight excluding hydrogens is 426 g/mol. The molecule has 2 aliphatic rings. The lowest BCUT2D eigenvalue weighted by atomic mass is 10.1. The van der Waals surface area contributed by atoms with Gasteiger partial charge in [0.05, 0.1) is 12.5 Å². The van der Waals surface area contributed by atoms with Crippen molar-refractivity contribution in [3.05, 3.63) is 0 Å². The normalized spacial score (nSPS) is 22.1. The first-order chi connectivity index (χ1) is 15.1. The third-order valence-corrected chi connectivity index (χ3v) is 5.50. The van der Waals surface area contributed by atoms with Crippen molar-refractivity contribution in [2.45, 2.75) is 69.1 Å². The van der Waals surface area contributed by atoms with Crippen molar-refractivity contribution in [2.24, 2.45) is 5.73 Å². The summed E-state index contributed by atoms with van der Waals surface area (Å²) in [5.74, 6) is -5.37. The Bertz CT molecular complexity index is 767. The number of carbonyl (C=O) groups excluding carboxylic acids is 4. The molecule has 0 aliphatic carbocycles. The van der Waals surface area contributed by atoms with Gasteiger partial charge < -0.3 is 36.8 Å². The Morgan fingerprint density at radius 1 is 1.03 bits per heavy atom. The fourth-order valence-corrected chi connectivity index (χ4v) is 3.88. The van der Waals surface area contributed by atoms with Gasteiger partial charge in [0.1, 0.15) is 18.1 Å². The van der Waals surface area contributed by atoms with E-state index in [0.29, 0.717) is 19.4 Å². The molecule has 4 amide bonds. The minimum Gasteiger partial charge on any atom is -0.481 e. The predicted molar refractivity (Wildman–Crippen MR) is 108 cm³/mol. The molecule has 2 rings (SSSR count). The predicted octanol–water partition coefficient (Wildman–Crippen LogP) is -2.48. The van der Waals surface area contributed by atoms with Crippen molar-refractivity contribution in [3.8, 4) is 0 Å². The first kappa shape index (κ1) is 25.0. The summed E-state index contributed by atoms with van der Waals surface area (Å²) in [4.78, 5) is 73.1. The molecule has 2 heterocycles. The maximum absolute atomic E-state index is 13.0. The first-order valence-corrected chi connectivity index (χ1v) is 10.5. The van der Waals surface area contributed by atoms with Crippen LogP contribution in [0, 0.1) is 0 Å². The van der Waals surface area contributed by atoms with E-state index in [2.05, 4.69) is 16.0 Å². The molecule has 0 aromatic heterocycles. The van der Waals surface area contributed by atoms with Gasteiger partial charge in [-0.25, -0.2) is 4.79 Å². The zero-order chi connectivity index (χ0) is 23.8. The van der Waals surface area contributed by atoms with Gasteiger partial charge in [0, 0.05) is 13.0 Å². The molecule has 32 heavy (non-hydrogen) atoms. The molecule has 4 unspecified atom stereocenters. The van der Waals surface area contributed by atoms with Gasteiger partial charge in [0.2, 0.25) is 23.6 Å². The van der Waals surface area contributed by atoms with Crippen LogP contribution in [0.5, 0.6) is 0 Å². The van der Waals surface area contributed by atoms with E-state index >= 15 is 0 Å². The van der Waals surface area contributed by atoms with Crippen LogP contribution in [0.1, 0.15) is 44.9 Å². The monoisotopic (exact) mass is 455 g/mol. The van der Waals surface area contributed by atoms with Gasteiger partial charge in [-0.15, -0.1) is 0 Å². The fraction of sp³-hybridized carbons (Fsp3) is 0.684. The summed E-state index contributed by atoms with van der Waals surface area (Å²) in [6, 6.07) is -4.29. The lowest BCUT2D eigenvalue weighted by molar-refractivity contribution is -0.150. The molecule has 13 heteroatoms. The summed E-state index contributed by atoms with van der Waals surface area (Å²) in [5.41, 5.74) is 5.20. The summed E-state index contributed by atoms with van der Waals surface area (Å²) in [5, 5.41) is 26.1. The van der Waals surface area contributed by atoms with E-state index in [-0.39, 0.29) is 19.4 Å². The molecule has 7 N–H and O–H groups in total. The highest BCUT2D eigenvalue weighted by molar-refractivity contribution is 5.96. The van der Waals surface area contributed by atoms with Crippen LogP contribution < -0.4 is 21.7 Å². The summed E-state index contributed by atoms with van der Waals surface area (Å²) >= 11 is 0. The molecule has 0 radical (unpaired) electrons. The van der Waals surface area contributed by atoms with Crippen LogP contribution in [-0.2, 0) is 28.8 Å². The van der Waals surface area contributed by atoms with Crippen molar-refractivity contribution in [2.75, 3.05) is 13.1 Å². The van der Waals surface area contributed by atoms with Crippen molar-refractivity contribution < 1.29 is 39.0 Å². The molecular formula is C19H29N5O8. The third kappa shape index (κ3) is 6.90. The van der Waals surface area contributed by atoms with Crippen LogP contribution in [0.3, 0.4) is 0 Å². The van der Waals surface area contributed by atoms with Crippen molar-refractivity contribution in [3.63, 3.8) is 0 Å². The van der Waals surface area contributed by atoms with E-state index in [0.717, 1.165) is 11.3 Å². The molecule has 178 valence electrons. The topological polar surface area (TPSA) is 208 Å². The number of likely N-dealkylation sites (tertiary alicyclic amines) is 1. The molecule has 4 atom stereocenters. The van der Waals surface area contributed by atoms with Crippen LogP contribution in [0.4, 0.5) is 0 Å². The Hall–Kier alpha value is -3.22. The van der Waals surface area contributed by atoms with Crippen molar-refractivity contribution in [1.82, 2.24) is 20.9 Å². The quantitative estimate of drug-likeness (QED) is 0.195. The van der Waals surface area contributed by atoms with E-state index in [1.165, 1.54) is 0 Å². The van der Waals surface area contributed by atoms with Crippen molar-refractivity contribution >= 4 is 35.6 Å².